The fourth-order valence-corrected chi connectivity index (χ4v) is 9.02. The van der Waals surface area contributed by atoms with Gasteiger partial charge in [0.15, 0.2) is 0 Å². The van der Waals surface area contributed by atoms with E-state index in [1.165, 1.54) is 22.3 Å². The number of pyridine rings is 3. The number of hydrogen-bond donors (Lipinski definition) is 0. The molecule has 5 aromatic carbocycles. The smallest absolute Gasteiger partial charge is 0.503 e. The van der Waals surface area contributed by atoms with Gasteiger partial charge in [0.05, 0.1) is 28.1 Å². The van der Waals surface area contributed by atoms with Crippen molar-refractivity contribution in [2.75, 3.05) is 0 Å². The SMILES string of the molecule is CC(C)(C)c1cc(-c2nc3c4[c-]c(Oc5[c-]c6c(cc5)c5ccccc5n6-c5ccccn5)ccc4c4ncccc4n3c2-c2cc(C(C)(C)C)cc(C(C)(C)C)c2)cc(C(C)(C)C)c1.[Pt+2]. The minimum atomic E-state index is -0.0927. The maximum Gasteiger partial charge on any atom is 2.00 e. The summed E-state index contributed by atoms with van der Waals surface area (Å²) >= 11 is 0. The third kappa shape index (κ3) is 7.91. The third-order valence-electron chi connectivity index (χ3n) is 12.8. The van der Waals surface area contributed by atoms with E-state index in [0.717, 1.165) is 77.6 Å². The number of fused-ring (bicyclic) bond motifs is 9. The topological polar surface area (TPSA) is 57.2 Å². The molecule has 5 heterocycles. The minimum absolute atomic E-state index is 0. The Bertz CT molecular complexity index is 3430. The molecule has 0 N–H and O–H groups in total. The van der Waals surface area contributed by atoms with Gasteiger partial charge in [0, 0.05) is 40.5 Å². The number of imidazole rings is 1. The number of para-hydroxylation sites is 1. The molecule has 0 aliphatic heterocycles. The van der Waals surface area contributed by atoms with E-state index in [0.29, 0.717) is 11.5 Å². The van der Waals surface area contributed by atoms with Gasteiger partial charge in [-0.1, -0.05) is 148 Å². The summed E-state index contributed by atoms with van der Waals surface area (Å²) in [6.07, 6.45) is 3.70. The average molecular weight is 1050 g/mol. The summed E-state index contributed by atoms with van der Waals surface area (Å²) in [5.41, 5.74) is 13.5. The molecule has 66 heavy (non-hydrogen) atoms. The molecule has 0 aliphatic rings. The Labute approximate surface area is 403 Å². The molecule has 0 atom stereocenters. The summed E-state index contributed by atoms with van der Waals surface area (Å²) in [6.45, 7) is 27.6. The van der Waals surface area contributed by atoms with E-state index in [9.17, 15) is 0 Å². The van der Waals surface area contributed by atoms with Crippen molar-refractivity contribution in [3.05, 3.63) is 162 Å². The van der Waals surface area contributed by atoms with Gasteiger partial charge in [0.2, 0.25) is 0 Å². The largest absolute Gasteiger partial charge is 2.00 e. The second-order valence-corrected chi connectivity index (χ2v) is 21.8. The fourth-order valence-electron chi connectivity index (χ4n) is 9.02. The number of nitrogens with zero attached hydrogens (tertiary/aromatic N) is 5. The van der Waals surface area contributed by atoms with Crippen LogP contribution in [0.5, 0.6) is 11.5 Å². The van der Waals surface area contributed by atoms with Gasteiger partial charge in [-0.3, -0.25) is 9.97 Å². The minimum Gasteiger partial charge on any atom is -0.503 e. The quantitative estimate of drug-likeness (QED) is 0.127. The molecule has 0 aliphatic carbocycles. The van der Waals surface area contributed by atoms with Gasteiger partial charge in [-0.2, -0.15) is 6.07 Å². The van der Waals surface area contributed by atoms with Gasteiger partial charge in [-0.25, -0.2) is 4.98 Å². The Balaban J connectivity index is 0.00000548. The summed E-state index contributed by atoms with van der Waals surface area (Å²) in [6, 6.07) is 48.3. The molecular formula is C59H57N5OPt. The van der Waals surface area contributed by atoms with Crippen LogP contribution in [0.25, 0.3) is 77.6 Å². The molecule has 5 aromatic heterocycles. The number of aromatic nitrogens is 5. The van der Waals surface area contributed by atoms with Gasteiger partial charge in [-0.15, -0.1) is 23.6 Å². The summed E-state index contributed by atoms with van der Waals surface area (Å²) < 4.78 is 11.2. The van der Waals surface area contributed by atoms with E-state index in [1.54, 1.807) is 0 Å². The Kier molecular flexibility index (Phi) is 11.0. The molecule has 0 spiro atoms. The fraction of sp³-hybridized carbons (Fsp3) is 0.271. The van der Waals surface area contributed by atoms with Gasteiger partial charge in [0.25, 0.3) is 0 Å². The molecule has 6 nitrogen and oxygen atoms in total. The molecule has 10 aromatic rings. The van der Waals surface area contributed by atoms with Crippen LogP contribution >= 0.6 is 0 Å². The second-order valence-electron chi connectivity index (χ2n) is 21.8. The summed E-state index contributed by atoms with van der Waals surface area (Å²) in [4.78, 5) is 15.5. The molecule has 0 bridgehead atoms. The van der Waals surface area contributed by atoms with Crippen molar-refractivity contribution in [1.29, 1.82) is 0 Å². The van der Waals surface area contributed by atoms with Gasteiger partial charge in [-0.05, 0) is 104 Å². The van der Waals surface area contributed by atoms with Crippen LogP contribution < -0.4 is 4.74 Å². The maximum absolute atomic E-state index is 6.76. The first kappa shape index (κ1) is 45.1. The zero-order valence-corrected chi connectivity index (χ0v) is 42.4. The molecule has 0 saturated carbocycles. The number of hydrogen-bond acceptors (Lipinski definition) is 4. The normalized spacial score (nSPS) is 12.7. The zero-order valence-electron chi connectivity index (χ0n) is 40.1. The molecule has 334 valence electrons. The molecule has 10 rings (SSSR count). The predicted octanol–water partition coefficient (Wildman–Crippen LogP) is 15.4. The van der Waals surface area contributed by atoms with Crippen molar-refractivity contribution in [1.82, 2.24) is 23.9 Å². The van der Waals surface area contributed by atoms with Crippen molar-refractivity contribution < 1.29 is 25.8 Å². The second kappa shape index (κ2) is 16.1. The van der Waals surface area contributed by atoms with Crippen LogP contribution in [0.15, 0.2) is 128 Å². The van der Waals surface area contributed by atoms with Crippen LogP contribution in [0.4, 0.5) is 0 Å². The molecule has 0 radical (unpaired) electrons. The Morgan fingerprint density at radius 2 is 1.05 bits per heavy atom. The van der Waals surface area contributed by atoms with Crippen LogP contribution in [0.3, 0.4) is 0 Å². The van der Waals surface area contributed by atoms with Crippen LogP contribution in [-0.2, 0) is 42.7 Å². The van der Waals surface area contributed by atoms with Crippen LogP contribution in [0.1, 0.15) is 105 Å². The van der Waals surface area contributed by atoms with Crippen LogP contribution in [0.2, 0.25) is 0 Å². The van der Waals surface area contributed by atoms with E-state index >= 15 is 0 Å². The van der Waals surface area contributed by atoms with E-state index in [4.69, 9.17) is 19.7 Å². The van der Waals surface area contributed by atoms with Crippen molar-refractivity contribution in [2.24, 2.45) is 0 Å². The summed E-state index contributed by atoms with van der Waals surface area (Å²) in [7, 11) is 0. The van der Waals surface area contributed by atoms with Crippen LogP contribution in [-0.4, -0.2) is 23.9 Å². The number of benzene rings is 5. The molecule has 7 heteroatoms. The molecule has 0 saturated heterocycles. The summed E-state index contributed by atoms with van der Waals surface area (Å²) in [5, 5.41) is 3.99. The average Bonchev–Trinajstić information content (AvgIpc) is 3.82. The van der Waals surface area contributed by atoms with Crippen molar-refractivity contribution in [3.63, 3.8) is 0 Å². The predicted molar refractivity (Wildman–Crippen MR) is 270 cm³/mol. The Morgan fingerprint density at radius 3 is 1.65 bits per heavy atom. The first-order chi connectivity index (χ1) is 30.7. The molecule has 0 amide bonds. The van der Waals surface area contributed by atoms with Crippen LogP contribution in [0, 0.1) is 12.1 Å². The van der Waals surface area contributed by atoms with Crippen molar-refractivity contribution >= 4 is 49.3 Å². The molecule has 0 fully saturated rings. The van der Waals surface area contributed by atoms with Gasteiger partial charge in [0.1, 0.15) is 5.82 Å². The van der Waals surface area contributed by atoms with E-state index in [-0.39, 0.29) is 42.7 Å². The van der Waals surface area contributed by atoms with E-state index < -0.39 is 0 Å². The van der Waals surface area contributed by atoms with E-state index in [2.05, 4.69) is 183 Å². The molecule has 0 unspecified atom stereocenters. The zero-order chi connectivity index (χ0) is 45.8. The monoisotopic (exact) mass is 1050 g/mol. The summed E-state index contributed by atoms with van der Waals surface area (Å²) in [5.74, 6) is 1.96. The first-order valence-corrected chi connectivity index (χ1v) is 22.8. The van der Waals surface area contributed by atoms with Crippen molar-refractivity contribution in [3.8, 4) is 39.8 Å². The first-order valence-electron chi connectivity index (χ1n) is 22.8. The number of rotatable bonds is 5. The standard InChI is InChI=1S/C59H57N5O.Pt/c1-56(2,3)38-28-36(29-39(32-38)57(4,5)6)52-54(37-30-40(58(7,8)9)33-41(31-37)59(10,11)12)64-49-20-17-27-61-53(49)46-25-23-42(34-47(46)55(64)62-52)65-43-22-24-45-44-18-13-14-19-48(44)63(50(45)35-43)51-21-15-16-26-60-51;/h13-33H,1-12H3;/q-2;+2. The van der Waals surface area contributed by atoms with Gasteiger partial charge < -0.3 is 13.7 Å². The van der Waals surface area contributed by atoms with E-state index in [1.807, 2.05) is 48.8 Å². The van der Waals surface area contributed by atoms with Gasteiger partial charge >= 0.3 is 21.1 Å². The Hall–Kier alpha value is -6.10. The number of ether oxygens (including phenoxy) is 1. The van der Waals surface area contributed by atoms with Crippen molar-refractivity contribution in [2.45, 2.75) is 105 Å². The Morgan fingerprint density at radius 1 is 0.500 bits per heavy atom. The molecular weight excluding hydrogens is 990 g/mol. The third-order valence-corrected chi connectivity index (χ3v) is 12.8. The maximum atomic E-state index is 6.76.